The number of unbranched alkanes of at least 4 members (excludes halogenated alkanes) is 5. The zero-order chi connectivity index (χ0) is 19.4. The van der Waals surface area contributed by atoms with Crippen molar-refractivity contribution in [2.45, 2.75) is 78.1 Å². The van der Waals surface area contributed by atoms with Gasteiger partial charge in [-0.2, -0.15) is 0 Å². The minimum atomic E-state index is 0.818. The Morgan fingerprint density at radius 1 is 0.519 bits per heavy atom. The van der Waals surface area contributed by atoms with Gasteiger partial charge in [0.05, 0.1) is 0 Å². The molecule has 0 saturated heterocycles. The molecule has 1 atom stereocenters. The van der Waals surface area contributed by atoms with Gasteiger partial charge in [-0.25, -0.2) is 0 Å². The minimum absolute atomic E-state index is 0.818. The van der Waals surface area contributed by atoms with Gasteiger partial charge in [0.15, 0.2) is 0 Å². The van der Waals surface area contributed by atoms with E-state index in [1.165, 1.54) is 69.8 Å². The second kappa shape index (κ2) is 17.6. The van der Waals surface area contributed by atoms with Crippen molar-refractivity contribution >= 4 is 0 Å². The molecule has 0 saturated carbocycles. The Kier molecular flexibility index (Phi) is 15.1. The first-order chi connectivity index (χ1) is 13.4. The first kappa shape index (κ1) is 23.2. The standard InChI is InChI=1S/C27H40/c1-3-5-7-18-22-26(21-17-6-4-2)25-27-23-19-15-13-11-9-8-10-12-14-16-20-24-27/h8-16,19-20,23-24,26H,3-7,17-18,21-22,25H2,1-2H3. The summed E-state index contributed by atoms with van der Waals surface area (Å²) in [4.78, 5) is 0. The summed E-state index contributed by atoms with van der Waals surface area (Å²) in [5.74, 6) is 0.818. The topological polar surface area (TPSA) is 0 Å². The maximum atomic E-state index is 2.30. The average Bonchev–Trinajstić information content (AvgIpc) is 2.68. The first-order valence-corrected chi connectivity index (χ1v) is 11.1. The Morgan fingerprint density at radius 3 is 1.41 bits per heavy atom. The highest BCUT2D eigenvalue weighted by Gasteiger charge is 2.09. The van der Waals surface area contributed by atoms with Gasteiger partial charge in [0, 0.05) is 0 Å². The minimum Gasteiger partial charge on any atom is -0.0654 e. The third-order valence-electron chi connectivity index (χ3n) is 4.94. The maximum Gasteiger partial charge on any atom is -0.0250 e. The second-order valence-corrected chi connectivity index (χ2v) is 7.44. The lowest BCUT2D eigenvalue weighted by atomic mass is 9.89. The average molecular weight is 365 g/mol. The molecule has 0 N–H and O–H groups in total. The molecule has 0 heterocycles. The Hall–Kier alpha value is -1.82. The molecule has 0 amide bonds. The van der Waals surface area contributed by atoms with Crippen LogP contribution in [-0.2, 0) is 6.42 Å². The normalized spacial score (nSPS) is 11.2. The molecule has 0 aliphatic carbocycles. The predicted octanol–water partition coefficient (Wildman–Crippen LogP) is 8.64. The van der Waals surface area contributed by atoms with Crippen molar-refractivity contribution in [3.63, 3.8) is 0 Å². The zero-order valence-corrected chi connectivity index (χ0v) is 17.7. The van der Waals surface area contributed by atoms with Gasteiger partial charge < -0.3 is 0 Å². The monoisotopic (exact) mass is 364 g/mol. The third-order valence-corrected chi connectivity index (χ3v) is 4.94. The maximum absolute atomic E-state index is 2.30. The SMILES string of the molecule is CCCCCCC(CCCCC)Cc1ccccccccccccc1. The lowest BCUT2D eigenvalue weighted by Crippen LogP contribution is -2.05. The second-order valence-electron chi connectivity index (χ2n) is 7.44. The Balaban J connectivity index is 2.89. The Morgan fingerprint density at radius 2 is 0.926 bits per heavy atom. The van der Waals surface area contributed by atoms with Crippen molar-refractivity contribution in [2.24, 2.45) is 5.92 Å². The summed E-state index contributed by atoms with van der Waals surface area (Å²) in [7, 11) is 0. The molecule has 1 rings (SSSR count). The lowest BCUT2D eigenvalue weighted by molar-refractivity contribution is 0.406. The molecule has 1 aromatic carbocycles. The molecule has 148 valence electrons. The number of hydrogen-bond acceptors (Lipinski definition) is 0. The molecule has 0 aromatic heterocycles. The van der Waals surface area contributed by atoms with Gasteiger partial charge in [-0.15, -0.1) is 0 Å². The van der Waals surface area contributed by atoms with Gasteiger partial charge in [-0.3, -0.25) is 0 Å². The summed E-state index contributed by atoms with van der Waals surface area (Å²) in [6.07, 6.45) is 13.5. The fourth-order valence-corrected chi connectivity index (χ4v) is 3.35. The quantitative estimate of drug-likeness (QED) is 0.345. The van der Waals surface area contributed by atoms with E-state index >= 15 is 0 Å². The van der Waals surface area contributed by atoms with Crippen molar-refractivity contribution in [1.29, 1.82) is 0 Å². The fourth-order valence-electron chi connectivity index (χ4n) is 3.35. The van der Waals surface area contributed by atoms with Crippen LogP contribution in [0.4, 0.5) is 0 Å². The van der Waals surface area contributed by atoms with E-state index in [1.807, 2.05) is 6.07 Å². The Labute approximate surface area is 168 Å². The van der Waals surface area contributed by atoms with Crippen LogP contribution in [0.25, 0.3) is 0 Å². The van der Waals surface area contributed by atoms with E-state index in [-0.39, 0.29) is 0 Å². The zero-order valence-electron chi connectivity index (χ0n) is 17.7. The number of hydrogen-bond donors (Lipinski definition) is 0. The highest BCUT2D eigenvalue weighted by atomic mass is 14.1. The number of rotatable bonds is 11. The highest BCUT2D eigenvalue weighted by molar-refractivity contribution is 5.12. The summed E-state index contributed by atoms with van der Waals surface area (Å²) >= 11 is 0. The van der Waals surface area contributed by atoms with Gasteiger partial charge in [0.2, 0.25) is 0 Å². The molecule has 0 radical (unpaired) electrons. The third kappa shape index (κ3) is 14.0. The van der Waals surface area contributed by atoms with E-state index in [9.17, 15) is 0 Å². The molecule has 0 heteroatoms. The van der Waals surface area contributed by atoms with Crippen molar-refractivity contribution in [1.82, 2.24) is 0 Å². The molecular formula is C27H40. The predicted molar refractivity (Wildman–Crippen MR) is 122 cm³/mol. The molecular weight excluding hydrogens is 324 g/mol. The van der Waals surface area contributed by atoms with E-state index in [4.69, 9.17) is 0 Å². The van der Waals surface area contributed by atoms with Crippen LogP contribution in [-0.4, -0.2) is 0 Å². The van der Waals surface area contributed by atoms with Crippen molar-refractivity contribution < 1.29 is 0 Å². The molecule has 0 fully saturated rings. The lowest BCUT2D eigenvalue weighted by Gasteiger charge is -2.16. The van der Waals surface area contributed by atoms with Crippen LogP contribution in [0.1, 0.15) is 77.2 Å². The molecule has 1 aromatic rings. The summed E-state index contributed by atoms with van der Waals surface area (Å²) in [6, 6.07) is 27.7. The van der Waals surface area contributed by atoms with E-state index < -0.39 is 0 Å². The molecule has 0 nitrogen and oxygen atoms in total. The van der Waals surface area contributed by atoms with Crippen LogP contribution in [0.3, 0.4) is 0 Å². The van der Waals surface area contributed by atoms with Crippen molar-refractivity contribution in [3.05, 3.63) is 84.4 Å². The molecule has 1 unspecified atom stereocenters. The van der Waals surface area contributed by atoms with Crippen LogP contribution in [0, 0.1) is 5.92 Å². The molecule has 0 aliphatic rings. The molecule has 27 heavy (non-hydrogen) atoms. The van der Waals surface area contributed by atoms with Crippen LogP contribution in [0.15, 0.2) is 78.9 Å². The van der Waals surface area contributed by atoms with Gasteiger partial charge in [-0.05, 0) is 17.9 Å². The van der Waals surface area contributed by atoms with Gasteiger partial charge in [0.1, 0.15) is 0 Å². The van der Waals surface area contributed by atoms with Crippen LogP contribution in [0.5, 0.6) is 0 Å². The van der Waals surface area contributed by atoms with E-state index in [0.717, 1.165) is 5.92 Å². The van der Waals surface area contributed by atoms with Crippen LogP contribution in [0.2, 0.25) is 0 Å². The molecule has 0 aliphatic heterocycles. The Bertz CT molecular complexity index is 537. The van der Waals surface area contributed by atoms with E-state index in [0.29, 0.717) is 0 Å². The summed E-state index contributed by atoms with van der Waals surface area (Å²) < 4.78 is 0. The summed E-state index contributed by atoms with van der Waals surface area (Å²) in [5.41, 5.74) is 1.44. The largest absolute Gasteiger partial charge is 0.0654 e. The van der Waals surface area contributed by atoms with Gasteiger partial charge >= 0.3 is 0 Å². The first-order valence-electron chi connectivity index (χ1n) is 11.1. The van der Waals surface area contributed by atoms with E-state index in [2.05, 4.69) is 86.6 Å². The van der Waals surface area contributed by atoms with Gasteiger partial charge in [-0.1, -0.05) is 150 Å². The molecule has 0 bridgehead atoms. The summed E-state index contributed by atoms with van der Waals surface area (Å²) in [5, 5.41) is 0. The van der Waals surface area contributed by atoms with Crippen LogP contribution < -0.4 is 0 Å². The van der Waals surface area contributed by atoms with Gasteiger partial charge in [0.25, 0.3) is 0 Å². The molecule has 0 spiro atoms. The fraction of sp³-hybridized carbons (Fsp3) is 0.481. The van der Waals surface area contributed by atoms with E-state index in [1.54, 1.807) is 0 Å². The van der Waals surface area contributed by atoms with Crippen molar-refractivity contribution in [3.8, 4) is 0 Å². The van der Waals surface area contributed by atoms with Crippen LogP contribution >= 0.6 is 0 Å². The summed E-state index contributed by atoms with van der Waals surface area (Å²) in [6.45, 7) is 4.59. The highest BCUT2D eigenvalue weighted by Crippen LogP contribution is 2.22. The van der Waals surface area contributed by atoms with Crippen molar-refractivity contribution in [2.75, 3.05) is 0 Å². The smallest absolute Gasteiger partial charge is 0.0250 e.